The molecule has 2 aliphatic carbocycles. The van der Waals surface area contributed by atoms with Crippen LogP contribution in [0.25, 0.3) is 0 Å². The Morgan fingerprint density at radius 1 is 1.14 bits per heavy atom. The number of nitrogens with one attached hydrogen (secondary N) is 1. The standard InChI is InChI=1S/C19H29NO2/c1-13(2-3-14-4-8-18(22)9-5-14)20-19-16-6-7-17(19)11-15(10-16)12-21/h4-5,8-9,13,15-17,19-22H,2-3,6-7,10-12H2,1H3/t13?,15?,16-,17+,19?. The number of rotatable bonds is 6. The van der Waals surface area contributed by atoms with E-state index in [1.807, 2.05) is 12.1 Å². The van der Waals surface area contributed by atoms with Gasteiger partial charge in [0.2, 0.25) is 0 Å². The van der Waals surface area contributed by atoms with Crippen molar-refractivity contribution >= 4 is 0 Å². The van der Waals surface area contributed by atoms with Gasteiger partial charge in [-0.25, -0.2) is 0 Å². The lowest BCUT2D eigenvalue weighted by Gasteiger charge is -2.37. The summed E-state index contributed by atoms with van der Waals surface area (Å²) < 4.78 is 0. The van der Waals surface area contributed by atoms with E-state index in [2.05, 4.69) is 12.2 Å². The molecule has 0 spiro atoms. The van der Waals surface area contributed by atoms with Crippen LogP contribution in [0.3, 0.4) is 0 Å². The van der Waals surface area contributed by atoms with Gasteiger partial charge in [0, 0.05) is 18.7 Å². The smallest absolute Gasteiger partial charge is 0.115 e. The molecule has 3 N–H and O–H groups in total. The zero-order chi connectivity index (χ0) is 15.5. The third-order valence-corrected chi connectivity index (χ3v) is 5.73. The quantitative estimate of drug-likeness (QED) is 0.757. The average Bonchev–Trinajstić information content (AvgIpc) is 2.75. The molecule has 1 aromatic rings. The first-order valence-corrected chi connectivity index (χ1v) is 8.80. The Balaban J connectivity index is 1.48. The van der Waals surface area contributed by atoms with Crippen LogP contribution in [-0.2, 0) is 6.42 Å². The lowest BCUT2D eigenvalue weighted by atomic mass is 9.77. The van der Waals surface area contributed by atoms with Crippen LogP contribution in [-0.4, -0.2) is 28.9 Å². The second-order valence-corrected chi connectivity index (χ2v) is 7.42. The zero-order valence-corrected chi connectivity index (χ0v) is 13.5. The average molecular weight is 303 g/mol. The molecule has 22 heavy (non-hydrogen) atoms. The molecule has 3 nitrogen and oxygen atoms in total. The summed E-state index contributed by atoms with van der Waals surface area (Å²) in [6.07, 6.45) is 7.26. The van der Waals surface area contributed by atoms with E-state index in [1.165, 1.54) is 31.2 Å². The van der Waals surface area contributed by atoms with Gasteiger partial charge in [0.1, 0.15) is 5.75 Å². The number of aryl methyl sites for hydroxylation is 1. The van der Waals surface area contributed by atoms with E-state index in [0.29, 0.717) is 30.4 Å². The van der Waals surface area contributed by atoms with Crippen LogP contribution in [0, 0.1) is 17.8 Å². The third kappa shape index (κ3) is 3.64. The summed E-state index contributed by atoms with van der Waals surface area (Å²) in [5, 5.41) is 22.6. The maximum atomic E-state index is 9.41. The summed E-state index contributed by atoms with van der Waals surface area (Å²) in [7, 11) is 0. The third-order valence-electron chi connectivity index (χ3n) is 5.73. The van der Waals surface area contributed by atoms with Crippen molar-refractivity contribution in [1.82, 2.24) is 5.32 Å². The van der Waals surface area contributed by atoms with Gasteiger partial charge in [-0.1, -0.05) is 12.1 Å². The second kappa shape index (κ2) is 7.01. The highest BCUT2D eigenvalue weighted by atomic mass is 16.3. The molecule has 2 bridgehead atoms. The number of aromatic hydroxyl groups is 1. The number of aliphatic hydroxyl groups excluding tert-OH is 1. The number of hydrogen-bond acceptors (Lipinski definition) is 3. The van der Waals surface area contributed by atoms with Gasteiger partial charge in [-0.05, 0) is 80.9 Å². The van der Waals surface area contributed by atoms with Gasteiger partial charge < -0.3 is 15.5 Å². The van der Waals surface area contributed by atoms with Crippen LogP contribution in [0.5, 0.6) is 5.75 Å². The van der Waals surface area contributed by atoms with Crippen LogP contribution in [0.1, 0.15) is 44.6 Å². The second-order valence-electron chi connectivity index (χ2n) is 7.42. The number of aliphatic hydroxyl groups is 1. The summed E-state index contributed by atoms with van der Waals surface area (Å²) in [4.78, 5) is 0. The van der Waals surface area contributed by atoms with E-state index in [9.17, 15) is 10.2 Å². The highest BCUT2D eigenvalue weighted by Crippen LogP contribution is 2.45. The highest BCUT2D eigenvalue weighted by Gasteiger charge is 2.42. The number of fused-ring (bicyclic) bond motifs is 2. The van der Waals surface area contributed by atoms with Crippen molar-refractivity contribution in [3.63, 3.8) is 0 Å². The number of hydrogen-bond donors (Lipinski definition) is 3. The first kappa shape index (κ1) is 15.8. The summed E-state index contributed by atoms with van der Waals surface area (Å²) in [6.45, 7) is 2.66. The SMILES string of the molecule is CC(CCc1ccc(O)cc1)NC1[C@@H]2CC[C@H]1CC(CO)C2. The summed E-state index contributed by atoms with van der Waals surface area (Å²) in [5.41, 5.74) is 1.29. The molecule has 0 amide bonds. The molecule has 0 saturated heterocycles. The highest BCUT2D eigenvalue weighted by molar-refractivity contribution is 5.25. The Hall–Kier alpha value is -1.06. The van der Waals surface area contributed by atoms with Crippen molar-refractivity contribution < 1.29 is 10.2 Å². The van der Waals surface area contributed by atoms with Gasteiger partial charge in [0.15, 0.2) is 0 Å². The summed E-state index contributed by atoms with van der Waals surface area (Å²) >= 11 is 0. The molecule has 0 radical (unpaired) electrons. The Bertz CT molecular complexity index is 459. The molecule has 0 aromatic heterocycles. The molecule has 0 aliphatic heterocycles. The van der Waals surface area contributed by atoms with Crippen LogP contribution in [0.15, 0.2) is 24.3 Å². The molecule has 2 fully saturated rings. The molecule has 5 atom stereocenters. The van der Waals surface area contributed by atoms with Gasteiger partial charge in [0.25, 0.3) is 0 Å². The normalized spacial score (nSPS) is 32.1. The lowest BCUT2D eigenvalue weighted by Crippen LogP contribution is -2.46. The molecule has 1 aromatic carbocycles. The van der Waals surface area contributed by atoms with Gasteiger partial charge in [-0.3, -0.25) is 0 Å². The molecule has 2 aliphatic rings. The molecule has 3 unspecified atom stereocenters. The minimum Gasteiger partial charge on any atom is -0.508 e. The van der Waals surface area contributed by atoms with Crippen molar-refractivity contribution in [2.24, 2.45) is 17.8 Å². The molecule has 122 valence electrons. The van der Waals surface area contributed by atoms with Crippen molar-refractivity contribution in [1.29, 1.82) is 0 Å². The monoisotopic (exact) mass is 303 g/mol. The molecule has 3 rings (SSSR count). The minimum atomic E-state index is 0.340. The molecular formula is C19H29NO2. The zero-order valence-electron chi connectivity index (χ0n) is 13.5. The number of benzene rings is 1. The van der Waals surface area contributed by atoms with E-state index in [1.54, 1.807) is 12.1 Å². The van der Waals surface area contributed by atoms with Crippen LogP contribution < -0.4 is 5.32 Å². The minimum absolute atomic E-state index is 0.340. The van der Waals surface area contributed by atoms with E-state index >= 15 is 0 Å². The van der Waals surface area contributed by atoms with Gasteiger partial charge in [-0.2, -0.15) is 0 Å². The molecule has 3 heteroatoms. The van der Waals surface area contributed by atoms with Crippen LogP contribution in [0.2, 0.25) is 0 Å². The predicted molar refractivity (Wildman–Crippen MR) is 88.8 cm³/mol. The number of phenols is 1. The number of phenolic OH excluding ortho intramolecular Hbond substituents is 1. The maximum absolute atomic E-state index is 9.41. The largest absolute Gasteiger partial charge is 0.508 e. The fourth-order valence-electron chi connectivity index (χ4n) is 4.53. The van der Waals surface area contributed by atoms with Gasteiger partial charge in [0.05, 0.1) is 0 Å². The van der Waals surface area contributed by atoms with Crippen molar-refractivity contribution in [2.75, 3.05) is 6.61 Å². The Kier molecular flexibility index (Phi) is 5.04. The Morgan fingerprint density at radius 2 is 1.77 bits per heavy atom. The van der Waals surface area contributed by atoms with Crippen molar-refractivity contribution in [3.05, 3.63) is 29.8 Å². The summed E-state index contributed by atoms with van der Waals surface area (Å²) in [6, 6.07) is 8.74. The van der Waals surface area contributed by atoms with Gasteiger partial charge in [-0.15, -0.1) is 0 Å². The lowest BCUT2D eigenvalue weighted by molar-refractivity contribution is 0.124. The van der Waals surface area contributed by atoms with Crippen molar-refractivity contribution in [3.8, 4) is 5.75 Å². The van der Waals surface area contributed by atoms with E-state index < -0.39 is 0 Å². The van der Waals surface area contributed by atoms with Crippen LogP contribution in [0.4, 0.5) is 0 Å². The maximum Gasteiger partial charge on any atom is 0.115 e. The van der Waals surface area contributed by atoms with E-state index in [4.69, 9.17) is 0 Å². The summed E-state index contributed by atoms with van der Waals surface area (Å²) in [5.74, 6) is 2.43. The van der Waals surface area contributed by atoms with Gasteiger partial charge >= 0.3 is 0 Å². The Labute approximate surface area is 133 Å². The first-order chi connectivity index (χ1) is 10.7. The topological polar surface area (TPSA) is 52.5 Å². The predicted octanol–water partition coefficient (Wildman–Crippen LogP) is 3.10. The fraction of sp³-hybridized carbons (Fsp3) is 0.684. The fourth-order valence-corrected chi connectivity index (χ4v) is 4.53. The van der Waals surface area contributed by atoms with E-state index in [0.717, 1.165) is 24.7 Å². The Morgan fingerprint density at radius 3 is 2.36 bits per heavy atom. The van der Waals surface area contributed by atoms with Crippen LogP contribution >= 0.6 is 0 Å². The van der Waals surface area contributed by atoms with Crippen molar-refractivity contribution in [2.45, 2.75) is 57.5 Å². The first-order valence-electron chi connectivity index (χ1n) is 8.80. The molecule has 2 saturated carbocycles. The molecular weight excluding hydrogens is 274 g/mol. The van der Waals surface area contributed by atoms with E-state index in [-0.39, 0.29) is 0 Å². The molecule has 0 heterocycles.